The van der Waals surface area contributed by atoms with E-state index < -0.39 is 0 Å². The van der Waals surface area contributed by atoms with Crippen molar-refractivity contribution < 1.29 is 0 Å². The molecule has 0 saturated carbocycles. The predicted octanol–water partition coefficient (Wildman–Crippen LogP) is 0.959. The van der Waals surface area contributed by atoms with Crippen molar-refractivity contribution in [3.05, 3.63) is 0 Å². The molecule has 4 heteroatoms. The van der Waals surface area contributed by atoms with Crippen LogP contribution in [0.4, 0.5) is 0 Å². The Labute approximate surface area is 82.4 Å². The van der Waals surface area contributed by atoms with E-state index in [0.29, 0.717) is 0 Å². The fourth-order valence-electron chi connectivity index (χ4n) is 0. The predicted molar refractivity (Wildman–Crippen MR) is 52.5 cm³/mol. The molecule has 2 unspecified atom stereocenters. The first kappa shape index (κ1) is 22.6. The molecule has 0 N–H and O–H groups in total. The van der Waals surface area contributed by atoms with E-state index in [1.807, 2.05) is 0 Å². The molecule has 0 rings (SSSR count). The quantitative estimate of drug-likeness (QED) is 0.582. The average Bonchev–Trinajstić information content (AvgIpc) is 1.39. The monoisotopic (exact) mass is 284 g/mol. The molecular weight excluding hydrogens is 269 g/mol. The van der Waals surface area contributed by atoms with Crippen molar-refractivity contribution >= 4 is 58.5 Å². The van der Waals surface area contributed by atoms with Gasteiger partial charge in [0.05, 0.1) is 0 Å². The van der Waals surface area contributed by atoms with E-state index in [-0.39, 0.29) is 24.8 Å². The van der Waals surface area contributed by atoms with Gasteiger partial charge in [-0.15, -0.1) is 24.8 Å². The van der Waals surface area contributed by atoms with Crippen LogP contribution in [0.25, 0.3) is 0 Å². The molecule has 0 nitrogen and oxygen atoms in total. The van der Waals surface area contributed by atoms with Crippen LogP contribution in [0.15, 0.2) is 0 Å². The van der Waals surface area contributed by atoms with E-state index in [2.05, 4.69) is 13.8 Å². The van der Waals surface area contributed by atoms with Crippen molar-refractivity contribution in [3.8, 4) is 0 Å². The van der Waals surface area contributed by atoms with Crippen LogP contribution in [0.1, 0.15) is 13.8 Å². The summed E-state index contributed by atoms with van der Waals surface area (Å²) in [4.78, 5) is 0. The second-order valence-electron chi connectivity index (χ2n) is 0.816. The van der Waals surface area contributed by atoms with Gasteiger partial charge < -0.3 is 0 Å². The summed E-state index contributed by atoms with van der Waals surface area (Å²) in [5.41, 5.74) is 0. The van der Waals surface area contributed by atoms with Gasteiger partial charge in [-0.25, -0.2) is 0 Å². The van der Waals surface area contributed by atoms with Crippen LogP contribution in [0.3, 0.4) is 0 Å². The van der Waals surface area contributed by atoms with Crippen LogP contribution in [0, 0.1) is 0 Å². The van der Waals surface area contributed by atoms with Gasteiger partial charge in [-0.3, -0.25) is 0 Å². The summed E-state index contributed by atoms with van der Waals surface area (Å²) in [5, 5.41) is 2.62. The molecule has 0 aliphatic heterocycles. The maximum absolute atomic E-state index is 2.15. The standard InChI is InChI=1S/2C2H7As.2ClH/c2*1-2-3;;/h2*2-3H2,1H3;2*1H. The van der Waals surface area contributed by atoms with Gasteiger partial charge in [-0.1, -0.05) is 0 Å². The van der Waals surface area contributed by atoms with Gasteiger partial charge >= 0.3 is 58.0 Å². The molecule has 0 aliphatic carbocycles. The van der Waals surface area contributed by atoms with Crippen LogP contribution >= 0.6 is 24.8 Å². The Hall–Kier alpha value is 1.70. The fraction of sp³-hybridized carbons (Fsp3) is 1.00. The van der Waals surface area contributed by atoms with E-state index in [0.717, 1.165) is 0 Å². The van der Waals surface area contributed by atoms with Crippen molar-refractivity contribution in [1.29, 1.82) is 0 Å². The van der Waals surface area contributed by atoms with E-state index in [4.69, 9.17) is 0 Å². The van der Waals surface area contributed by atoms with Crippen molar-refractivity contribution in [1.82, 2.24) is 0 Å². The third kappa shape index (κ3) is 120. The molecule has 8 heavy (non-hydrogen) atoms. The molecule has 0 aliphatic rings. The summed E-state index contributed by atoms with van der Waals surface area (Å²) >= 11 is 3.57. The van der Waals surface area contributed by atoms with Gasteiger partial charge in [0.1, 0.15) is 0 Å². The van der Waals surface area contributed by atoms with Gasteiger partial charge in [0, 0.05) is 0 Å². The van der Waals surface area contributed by atoms with E-state index >= 15 is 0 Å². The van der Waals surface area contributed by atoms with Crippen LogP contribution in [-0.2, 0) is 0 Å². The summed E-state index contributed by atoms with van der Waals surface area (Å²) in [6.07, 6.45) is 0. The Balaban J connectivity index is -0.0000000160. The van der Waals surface area contributed by atoms with Crippen molar-refractivity contribution in [2.45, 2.75) is 24.3 Å². The van der Waals surface area contributed by atoms with Crippen LogP contribution in [0.2, 0.25) is 10.4 Å². The third-order valence-electron chi connectivity index (χ3n) is 0. The average molecular weight is 285 g/mol. The van der Waals surface area contributed by atoms with Crippen LogP contribution < -0.4 is 0 Å². The first-order chi connectivity index (χ1) is 2.83. The molecule has 56 valence electrons. The fourth-order valence-corrected chi connectivity index (χ4v) is 0. The maximum atomic E-state index is 2.15. The van der Waals surface area contributed by atoms with E-state index in [1.54, 1.807) is 33.7 Å². The molecule has 0 radical (unpaired) electrons. The van der Waals surface area contributed by atoms with Gasteiger partial charge in [-0.2, -0.15) is 0 Å². The zero-order valence-electron chi connectivity index (χ0n) is 5.39. The molecule has 0 heterocycles. The summed E-state index contributed by atoms with van der Waals surface area (Å²) in [6, 6.07) is 0. The SMILES string of the molecule is CC[AsH2].CC[AsH2].Cl.Cl. The second kappa shape index (κ2) is 37.7. The van der Waals surface area contributed by atoms with E-state index in [9.17, 15) is 0 Å². The number of hydrogen-bond acceptors (Lipinski definition) is 0. The molecule has 0 spiro atoms. The minimum absolute atomic E-state index is 0. The maximum Gasteiger partial charge on any atom is -0.147 e. The minimum Gasteiger partial charge on any atom is -0.147 e. The smallest absolute Gasteiger partial charge is 0.147 e. The van der Waals surface area contributed by atoms with Crippen molar-refractivity contribution in [3.63, 3.8) is 0 Å². The van der Waals surface area contributed by atoms with Crippen molar-refractivity contribution in [2.24, 2.45) is 0 Å². The van der Waals surface area contributed by atoms with Crippen molar-refractivity contribution in [2.75, 3.05) is 0 Å². The number of rotatable bonds is 0. The molecule has 0 aromatic heterocycles. The Bertz CT molecular complexity index is 14.0. The van der Waals surface area contributed by atoms with Gasteiger partial charge in [0.2, 0.25) is 0 Å². The molecule has 0 amide bonds. The van der Waals surface area contributed by atoms with Crippen LogP contribution in [0.5, 0.6) is 0 Å². The van der Waals surface area contributed by atoms with Crippen LogP contribution in [-0.4, -0.2) is 33.7 Å². The first-order valence-corrected chi connectivity index (χ1v) is 5.66. The zero-order chi connectivity index (χ0) is 5.41. The topological polar surface area (TPSA) is 0 Å². The third-order valence-corrected chi connectivity index (χ3v) is 0. The van der Waals surface area contributed by atoms with Gasteiger partial charge in [0.15, 0.2) is 0 Å². The zero-order valence-corrected chi connectivity index (χ0v) is 11.9. The Morgan fingerprint density at radius 2 is 0.875 bits per heavy atom. The Kier molecular flexibility index (Phi) is 106. The summed E-state index contributed by atoms with van der Waals surface area (Å²) in [7, 11) is 0. The molecule has 2 atom stereocenters. The molecule has 0 aromatic rings. The Morgan fingerprint density at radius 3 is 0.875 bits per heavy atom. The molecule has 0 bridgehead atoms. The number of hydrogen-bond donors (Lipinski definition) is 0. The second-order valence-corrected chi connectivity index (χ2v) is 4.24. The minimum atomic E-state index is 0. The molecular formula is C4H16As2Cl2. The number of halogens is 2. The van der Waals surface area contributed by atoms with E-state index in [1.165, 1.54) is 10.4 Å². The molecule has 0 saturated heterocycles. The van der Waals surface area contributed by atoms with Gasteiger partial charge in [-0.05, 0) is 0 Å². The summed E-state index contributed by atoms with van der Waals surface area (Å²) in [5.74, 6) is 0. The first-order valence-electron chi connectivity index (χ1n) is 2.23. The normalized spacial score (nSPS) is 4.50. The Morgan fingerprint density at radius 1 is 0.875 bits per heavy atom. The van der Waals surface area contributed by atoms with Gasteiger partial charge in [0.25, 0.3) is 0 Å². The summed E-state index contributed by atoms with van der Waals surface area (Å²) in [6.45, 7) is 4.31. The summed E-state index contributed by atoms with van der Waals surface area (Å²) < 4.78 is 0. The largest absolute Gasteiger partial charge is 0.147 e. The molecule has 0 aromatic carbocycles. The molecule has 0 fully saturated rings.